The second-order valence-corrected chi connectivity index (χ2v) is 4.78. The van der Waals surface area contributed by atoms with Crippen LogP contribution in [-0.2, 0) is 0 Å². The molecule has 1 aromatic heterocycles. The van der Waals surface area contributed by atoms with Crippen LogP contribution in [0.15, 0.2) is 46.9 Å². The molecule has 3 rings (SSSR count). The number of hydrogen-bond acceptors (Lipinski definition) is 3. The highest BCUT2D eigenvalue weighted by Crippen LogP contribution is 2.18. The van der Waals surface area contributed by atoms with Crippen LogP contribution in [0.3, 0.4) is 0 Å². The van der Waals surface area contributed by atoms with E-state index in [4.69, 9.17) is 9.52 Å². The van der Waals surface area contributed by atoms with Gasteiger partial charge in [-0.15, -0.1) is 0 Å². The van der Waals surface area contributed by atoms with Crippen LogP contribution in [0.5, 0.6) is 0 Å². The van der Waals surface area contributed by atoms with E-state index >= 15 is 0 Å². The van der Waals surface area contributed by atoms with Gasteiger partial charge in [0.15, 0.2) is 5.58 Å². The van der Waals surface area contributed by atoms with Crippen molar-refractivity contribution < 1.29 is 14.3 Å². The van der Waals surface area contributed by atoms with E-state index in [0.717, 1.165) is 22.2 Å². The number of fused-ring (bicyclic) bond motifs is 1. The van der Waals surface area contributed by atoms with Crippen LogP contribution in [0.25, 0.3) is 23.3 Å². The Morgan fingerprint density at radius 3 is 2.62 bits per heavy atom. The van der Waals surface area contributed by atoms with E-state index in [1.807, 2.05) is 31.2 Å². The minimum Gasteiger partial charge on any atom is -0.478 e. The van der Waals surface area contributed by atoms with E-state index in [-0.39, 0.29) is 5.56 Å². The normalized spacial score (nSPS) is 11.3. The van der Waals surface area contributed by atoms with Gasteiger partial charge in [-0.2, -0.15) is 0 Å². The van der Waals surface area contributed by atoms with Gasteiger partial charge < -0.3 is 9.52 Å². The van der Waals surface area contributed by atoms with Crippen molar-refractivity contribution in [3.63, 3.8) is 0 Å². The minimum atomic E-state index is -0.931. The van der Waals surface area contributed by atoms with E-state index in [9.17, 15) is 4.79 Å². The number of carbonyl (C=O) groups is 1. The first-order chi connectivity index (χ1) is 10.1. The fraction of sp³-hybridized carbons (Fsp3) is 0.0588. The first-order valence-electron chi connectivity index (χ1n) is 6.50. The molecule has 0 aliphatic rings. The number of rotatable bonds is 3. The summed E-state index contributed by atoms with van der Waals surface area (Å²) in [5.41, 5.74) is 3.87. The summed E-state index contributed by atoms with van der Waals surface area (Å²) in [5.74, 6) is -0.405. The molecule has 21 heavy (non-hydrogen) atoms. The monoisotopic (exact) mass is 279 g/mol. The zero-order valence-corrected chi connectivity index (χ0v) is 11.4. The van der Waals surface area contributed by atoms with Crippen LogP contribution >= 0.6 is 0 Å². The predicted octanol–water partition coefficient (Wildman–Crippen LogP) is 4.00. The van der Waals surface area contributed by atoms with Crippen molar-refractivity contribution in [2.24, 2.45) is 0 Å². The van der Waals surface area contributed by atoms with E-state index in [0.29, 0.717) is 5.89 Å². The number of benzene rings is 2. The number of oxazole rings is 1. The summed E-state index contributed by atoms with van der Waals surface area (Å²) in [6.45, 7) is 2.01. The summed E-state index contributed by atoms with van der Waals surface area (Å²) in [4.78, 5) is 15.2. The maximum atomic E-state index is 10.8. The lowest BCUT2D eigenvalue weighted by Gasteiger charge is -1.95. The molecule has 104 valence electrons. The van der Waals surface area contributed by atoms with Gasteiger partial charge >= 0.3 is 5.97 Å². The zero-order chi connectivity index (χ0) is 14.8. The fourth-order valence-electron chi connectivity index (χ4n) is 2.03. The van der Waals surface area contributed by atoms with Crippen LogP contribution < -0.4 is 0 Å². The van der Waals surface area contributed by atoms with Crippen molar-refractivity contribution in [3.8, 4) is 0 Å². The van der Waals surface area contributed by atoms with Gasteiger partial charge in [0.05, 0.1) is 5.56 Å². The number of carboxylic acids is 1. The van der Waals surface area contributed by atoms with Gasteiger partial charge in [-0.3, -0.25) is 0 Å². The lowest BCUT2D eigenvalue weighted by Crippen LogP contribution is -1.94. The van der Waals surface area contributed by atoms with Crippen LogP contribution in [0.4, 0.5) is 0 Å². The molecule has 0 atom stereocenters. The average Bonchev–Trinajstić information content (AvgIpc) is 2.87. The van der Waals surface area contributed by atoms with Gasteiger partial charge in [0.25, 0.3) is 0 Å². The molecule has 0 radical (unpaired) electrons. The van der Waals surface area contributed by atoms with E-state index in [1.54, 1.807) is 30.3 Å². The van der Waals surface area contributed by atoms with E-state index in [1.165, 1.54) is 0 Å². The summed E-state index contributed by atoms with van der Waals surface area (Å²) in [7, 11) is 0. The Bertz CT molecular complexity index is 829. The summed E-state index contributed by atoms with van der Waals surface area (Å²) >= 11 is 0. The molecule has 0 aliphatic carbocycles. The Labute approximate surface area is 121 Å². The lowest BCUT2D eigenvalue weighted by molar-refractivity contribution is 0.0697. The molecular formula is C17H13NO3. The number of aryl methyl sites for hydroxylation is 1. The molecule has 0 fully saturated rings. The summed E-state index contributed by atoms with van der Waals surface area (Å²) in [5, 5.41) is 8.84. The van der Waals surface area contributed by atoms with Crippen molar-refractivity contribution in [3.05, 3.63) is 65.0 Å². The van der Waals surface area contributed by atoms with Crippen LogP contribution in [0, 0.1) is 6.92 Å². The van der Waals surface area contributed by atoms with Gasteiger partial charge in [0.2, 0.25) is 5.89 Å². The lowest BCUT2D eigenvalue weighted by atomic mass is 10.1. The first kappa shape index (κ1) is 13.1. The zero-order valence-electron chi connectivity index (χ0n) is 11.4. The quantitative estimate of drug-likeness (QED) is 0.787. The topological polar surface area (TPSA) is 63.3 Å². The second-order valence-electron chi connectivity index (χ2n) is 4.78. The highest BCUT2D eigenvalue weighted by atomic mass is 16.4. The Balaban J connectivity index is 1.85. The van der Waals surface area contributed by atoms with Gasteiger partial charge in [0.1, 0.15) is 5.52 Å². The molecule has 0 saturated heterocycles. The fourth-order valence-corrected chi connectivity index (χ4v) is 2.03. The average molecular weight is 279 g/mol. The van der Waals surface area contributed by atoms with Gasteiger partial charge in [-0.05, 0) is 48.4 Å². The number of aromatic nitrogens is 1. The molecule has 0 spiro atoms. The van der Waals surface area contributed by atoms with E-state index < -0.39 is 5.97 Å². The summed E-state index contributed by atoms with van der Waals surface area (Å²) < 4.78 is 5.61. The molecule has 1 heterocycles. The van der Waals surface area contributed by atoms with Crippen molar-refractivity contribution in [1.82, 2.24) is 4.98 Å². The largest absolute Gasteiger partial charge is 0.478 e. The van der Waals surface area contributed by atoms with Crippen LogP contribution in [0.1, 0.15) is 27.4 Å². The maximum absolute atomic E-state index is 10.8. The Morgan fingerprint density at radius 2 is 1.90 bits per heavy atom. The van der Waals surface area contributed by atoms with E-state index in [2.05, 4.69) is 4.98 Å². The van der Waals surface area contributed by atoms with Crippen molar-refractivity contribution in [2.75, 3.05) is 0 Å². The standard InChI is InChI=1S/C17H13NO3/c1-11-2-8-15-14(10-11)18-16(21-15)9-5-12-3-6-13(7-4-12)17(19)20/h2-10H,1H3,(H,19,20). The summed E-state index contributed by atoms with van der Waals surface area (Å²) in [6, 6.07) is 12.5. The highest BCUT2D eigenvalue weighted by Gasteiger charge is 2.03. The second kappa shape index (κ2) is 5.25. The Kier molecular flexibility index (Phi) is 3.28. The van der Waals surface area contributed by atoms with Crippen molar-refractivity contribution in [2.45, 2.75) is 6.92 Å². The minimum absolute atomic E-state index is 0.268. The molecule has 0 amide bonds. The molecular weight excluding hydrogens is 266 g/mol. The third-order valence-corrected chi connectivity index (χ3v) is 3.14. The van der Waals surface area contributed by atoms with Crippen LogP contribution in [-0.4, -0.2) is 16.1 Å². The number of carboxylic acid groups (broad SMARTS) is 1. The first-order valence-corrected chi connectivity index (χ1v) is 6.50. The molecule has 4 heteroatoms. The third kappa shape index (κ3) is 2.84. The number of aromatic carboxylic acids is 1. The molecule has 4 nitrogen and oxygen atoms in total. The van der Waals surface area contributed by atoms with Gasteiger partial charge in [-0.1, -0.05) is 18.2 Å². The van der Waals surface area contributed by atoms with Crippen LogP contribution in [0.2, 0.25) is 0 Å². The molecule has 2 aromatic carbocycles. The molecule has 3 aromatic rings. The third-order valence-electron chi connectivity index (χ3n) is 3.14. The predicted molar refractivity (Wildman–Crippen MR) is 81.1 cm³/mol. The summed E-state index contributed by atoms with van der Waals surface area (Å²) in [6.07, 6.45) is 3.61. The Hall–Kier alpha value is -2.88. The van der Waals surface area contributed by atoms with Gasteiger partial charge in [-0.25, -0.2) is 9.78 Å². The number of hydrogen-bond donors (Lipinski definition) is 1. The molecule has 0 saturated carbocycles. The van der Waals surface area contributed by atoms with Crippen molar-refractivity contribution in [1.29, 1.82) is 0 Å². The number of nitrogens with zero attached hydrogens (tertiary/aromatic N) is 1. The molecule has 0 unspecified atom stereocenters. The molecule has 0 aliphatic heterocycles. The molecule has 0 bridgehead atoms. The maximum Gasteiger partial charge on any atom is 0.335 e. The molecule has 1 N–H and O–H groups in total. The van der Waals surface area contributed by atoms with Gasteiger partial charge in [0, 0.05) is 6.08 Å². The highest BCUT2D eigenvalue weighted by molar-refractivity contribution is 5.88. The SMILES string of the molecule is Cc1ccc2oc(C=Cc3ccc(C(=O)O)cc3)nc2c1. The Morgan fingerprint density at radius 1 is 1.14 bits per heavy atom. The van der Waals surface area contributed by atoms with Crippen molar-refractivity contribution >= 4 is 29.2 Å². The smallest absolute Gasteiger partial charge is 0.335 e.